The number of nitro benzene ring substituents is 1. The summed E-state index contributed by atoms with van der Waals surface area (Å²) in [5.74, 6) is -0.518. The van der Waals surface area contributed by atoms with Crippen molar-refractivity contribution in [2.75, 3.05) is 46.4 Å². The second kappa shape index (κ2) is 10.2. The van der Waals surface area contributed by atoms with E-state index in [2.05, 4.69) is 10.2 Å². The fraction of sp³-hybridized carbons (Fsp3) is 0.350. The molecule has 0 atom stereocenters. The second-order valence-corrected chi connectivity index (χ2v) is 6.17. The summed E-state index contributed by atoms with van der Waals surface area (Å²) in [6.45, 7) is 1.06. The highest BCUT2D eigenvalue weighted by Crippen LogP contribution is 2.46. The summed E-state index contributed by atoms with van der Waals surface area (Å²) in [6, 6.07) is 11.1. The van der Waals surface area contributed by atoms with Crippen molar-refractivity contribution in [2.24, 2.45) is 0 Å². The Morgan fingerprint density at radius 2 is 1.76 bits per heavy atom. The van der Waals surface area contributed by atoms with Gasteiger partial charge in [0.25, 0.3) is 5.91 Å². The van der Waals surface area contributed by atoms with Crippen molar-refractivity contribution in [3.8, 4) is 17.2 Å². The van der Waals surface area contributed by atoms with Crippen molar-refractivity contribution >= 4 is 17.3 Å². The summed E-state index contributed by atoms with van der Waals surface area (Å²) >= 11 is 0. The minimum Gasteiger partial charge on any atom is -0.493 e. The first-order valence-corrected chi connectivity index (χ1v) is 8.96. The molecule has 0 fully saturated rings. The maximum Gasteiger partial charge on any atom is 0.327 e. The highest BCUT2D eigenvalue weighted by molar-refractivity contribution is 6.00. The van der Waals surface area contributed by atoms with E-state index in [-0.39, 0.29) is 22.8 Å². The van der Waals surface area contributed by atoms with Gasteiger partial charge in [-0.3, -0.25) is 14.9 Å². The summed E-state index contributed by atoms with van der Waals surface area (Å²) in [6.07, 6.45) is 0.662. The Kier molecular flexibility index (Phi) is 7.64. The van der Waals surface area contributed by atoms with Gasteiger partial charge in [0.1, 0.15) is 5.56 Å². The zero-order chi connectivity index (χ0) is 21.4. The van der Waals surface area contributed by atoms with E-state index in [0.717, 1.165) is 5.69 Å². The predicted octanol–water partition coefficient (Wildman–Crippen LogP) is 2.88. The number of nitro groups is 1. The van der Waals surface area contributed by atoms with E-state index in [1.807, 2.05) is 37.4 Å². The van der Waals surface area contributed by atoms with Crippen LogP contribution in [0.1, 0.15) is 16.8 Å². The molecule has 0 saturated heterocycles. The van der Waals surface area contributed by atoms with Gasteiger partial charge >= 0.3 is 5.69 Å². The van der Waals surface area contributed by atoms with Gasteiger partial charge in [0, 0.05) is 31.9 Å². The molecule has 0 bridgehead atoms. The fourth-order valence-electron chi connectivity index (χ4n) is 2.92. The molecule has 0 aliphatic heterocycles. The van der Waals surface area contributed by atoms with Gasteiger partial charge in [-0.1, -0.05) is 18.2 Å². The normalized spacial score (nSPS) is 10.2. The Balaban J connectivity index is 2.12. The standard InChI is InChI=1S/C20H25N3O6/c1-22(14-9-6-5-7-10-14)12-8-11-21-20(24)15-13-16(27-2)18(28-3)19(29-4)17(15)23(25)26/h5-7,9-10,13H,8,11-12H2,1-4H3,(H,21,24). The number of nitrogens with one attached hydrogen (secondary N) is 1. The number of methoxy groups -OCH3 is 3. The minimum atomic E-state index is -0.668. The third-order valence-electron chi connectivity index (χ3n) is 4.38. The summed E-state index contributed by atoms with van der Waals surface area (Å²) in [7, 11) is 5.95. The number of rotatable bonds is 10. The lowest BCUT2D eigenvalue weighted by molar-refractivity contribution is -0.386. The van der Waals surface area contributed by atoms with E-state index in [9.17, 15) is 14.9 Å². The molecular weight excluding hydrogens is 378 g/mol. The lowest BCUT2D eigenvalue weighted by Crippen LogP contribution is -2.28. The number of nitrogens with zero attached hydrogens (tertiary/aromatic N) is 2. The van der Waals surface area contributed by atoms with Crippen molar-refractivity contribution < 1.29 is 23.9 Å². The van der Waals surface area contributed by atoms with Crippen LogP contribution in [0.25, 0.3) is 0 Å². The van der Waals surface area contributed by atoms with Crippen molar-refractivity contribution in [1.29, 1.82) is 0 Å². The lowest BCUT2D eigenvalue weighted by atomic mass is 10.1. The zero-order valence-electron chi connectivity index (χ0n) is 16.9. The fourth-order valence-corrected chi connectivity index (χ4v) is 2.92. The third kappa shape index (κ3) is 5.07. The summed E-state index contributed by atoms with van der Waals surface area (Å²) < 4.78 is 15.5. The molecular formula is C20H25N3O6. The Hall–Kier alpha value is -3.49. The van der Waals surface area contributed by atoms with Crippen LogP contribution in [0.3, 0.4) is 0 Å². The molecule has 29 heavy (non-hydrogen) atoms. The van der Waals surface area contributed by atoms with Crippen LogP contribution in [0.4, 0.5) is 11.4 Å². The molecule has 0 aliphatic carbocycles. The van der Waals surface area contributed by atoms with Crippen LogP contribution in [0, 0.1) is 10.1 Å². The molecule has 2 rings (SSSR count). The van der Waals surface area contributed by atoms with Gasteiger partial charge in [-0.25, -0.2) is 0 Å². The van der Waals surface area contributed by atoms with Crippen molar-refractivity contribution in [2.45, 2.75) is 6.42 Å². The summed E-state index contributed by atoms with van der Waals surface area (Å²) in [5.41, 5.74) is 0.448. The predicted molar refractivity (Wildman–Crippen MR) is 109 cm³/mol. The first-order valence-electron chi connectivity index (χ1n) is 8.96. The van der Waals surface area contributed by atoms with Gasteiger partial charge in [-0.2, -0.15) is 0 Å². The smallest absolute Gasteiger partial charge is 0.327 e. The van der Waals surface area contributed by atoms with E-state index in [1.54, 1.807) is 0 Å². The monoisotopic (exact) mass is 403 g/mol. The molecule has 0 aliphatic rings. The Morgan fingerprint density at radius 3 is 2.31 bits per heavy atom. The first kappa shape index (κ1) is 21.8. The highest BCUT2D eigenvalue weighted by atomic mass is 16.6. The van der Waals surface area contributed by atoms with E-state index in [1.165, 1.54) is 27.4 Å². The molecule has 0 unspecified atom stereocenters. The molecule has 2 aromatic carbocycles. The van der Waals surface area contributed by atoms with Crippen LogP contribution in [0.5, 0.6) is 17.2 Å². The van der Waals surface area contributed by atoms with Crippen LogP contribution < -0.4 is 24.4 Å². The van der Waals surface area contributed by atoms with E-state index >= 15 is 0 Å². The van der Waals surface area contributed by atoms with Gasteiger partial charge in [0.15, 0.2) is 5.75 Å². The number of carbonyl (C=O) groups excluding carboxylic acids is 1. The quantitative estimate of drug-likeness (QED) is 0.370. The summed E-state index contributed by atoms with van der Waals surface area (Å²) in [5, 5.41) is 14.3. The molecule has 1 amide bonds. The van der Waals surface area contributed by atoms with Crippen LogP contribution in [-0.4, -0.2) is 52.3 Å². The maximum absolute atomic E-state index is 12.6. The molecule has 0 aromatic heterocycles. The van der Waals surface area contributed by atoms with Gasteiger partial charge in [0.05, 0.1) is 26.3 Å². The summed E-state index contributed by atoms with van der Waals surface area (Å²) in [4.78, 5) is 25.6. The maximum atomic E-state index is 12.6. The van der Waals surface area contributed by atoms with Crippen molar-refractivity contribution in [1.82, 2.24) is 5.32 Å². The highest BCUT2D eigenvalue weighted by Gasteiger charge is 2.32. The average Bonchev–Trinajstić information content (AvgIpc) is 2.74. The van der Waals surface area contributed by atoms with Gasteiger partial charge < -0.3 is 24.4 Å². The Labute approximate surface area is 169 Å². The van der Waals surface area contributed by atoms with E-state index in [4.69, 9.17) is 14.2 Å². The van der Waals surface area contributed by atoms with Gasteiger partial charge in [0.2, 0.25) is 11.5 Å². The molecule has 2 aromatic rings. The third-order valence-corrected chi connectivity index (χ3v) is 4.38. The second-order valence-electron chi connectivity index (χ2n) is 6.17. The molecule has 9 heteroatoms. The van der Waals surface area contributed by atoms with Crippen LogP contribution in [0.15, 0.2) is 36.4 Å². The van der Waals surface area contributed by atoms with Crippen LogP contribution in [-0.2, 0) is 0 Å². The van der Waals surface area contributed by atoms with Crippen molar-refractivity contribution in [3.05, 3.63) is 52.1 Å². The minimum absolute atomic E-state index is 0.0581. The van der Waals surface area contributed by atoms with E-state index < -0.39 is 16.5 Å². The van der Waals surface area contributed by atoms with Crippen molar-refractivity contribution in [3.63, 3.8) is 0 Å². The zero-order valence-corrected chi connectivity index (χ0v) is 16.9. The number of hydrogen-bond donors (Lipinski definition) is 1. The largest absolute Gasteiger partial charge is 0.493 e. The molecule has 9 nitrogen and oxygen atoms in total. The molecule has 0 heterocycles. The molecule has 1 N–H and O–H groups in total. The van der Waals surface area contributed by atoms with E-state index in [0.29, 0.717) is 19.5 Å². The first-order chi connectivity index (χ1) is 13.9. The number of hydrogen-bond acceptors (Lipinski definition) is 7. The van der Waals surface area contributed by atoms with Gasteiger partial charge in [-0.15, -0.1) is 0 Å². The molecule has 0 saturated carbocycles. The van der Waals surface area contributed by atoms with Crippen LogP contribution >= 0.6 is 0 Å². The number of anilines is 1. The number of amides is 1. The number of benzene rings is 2. The van der Waals surface area contributed by atoms with Crippen LogP contribution in [0.2, 0.25) is 0 Å². The average molecular weight is 403 g/mol. The lowest BCUT2D eigenvalue weighted by Gasteiger charge is -2.19. The number of para-hydroxylation sites is 1. The molecule has 0 spiro atoms. The molecule has 0 radical (unpaired) electrons. The molecule has 156 valence electrons. The van der Waals surface area contributed by atoms with Gasteiger partial charge in [-0.05, 0) is 18.6 Å². The Bertz CT molecular complexity index is 857. The SMILES string of the molecule is COc1cc(C(=O)NCCCN(C)c2ccccc2)c([N+](=O)[O-])c(OC)c1OC. The number of carbonyl (C=O) groups is 1. The Morgan fingerprint density at radius 1 is 1.10 bits per heavy atom. The number of ether oxygens (including phenoxy) is 3. The topological polar surface area (TPSA) is 103 Å².